The predicted octanol–water partition coefficient (Wildman–Crippen LogP) is 1.34. The summed E-state index contributed by atoms with van der Waals surface area (Å²) in [6.45, 7) is -0.571. The number of aromatic nitrogens is 2. The van der Waals surface area contributed by atoms with E-state index in [1.165, 1.54) is 28.9 Å². The van der Waals surface area contributed by atoms with E-state index in [1.807, 2.05) is 0 Å². The Balaban J connectivity index is 2.21. The fourth-order valence-corrected chi connectivity index (χ4v) is 2.89. The number of nitrogens with zero attached hydrogens (tertiary/aromatic N) is 2. The molecular formula is C12H12ClN3O5S. The number of hydrogen-bond donors (Lipinski definition) is 2. The van der Waals surface area contributed by atoms with Gasteiger partial charge in [-0.2, -0.15) is 5.10 Å². The van der Waals surface area contributed by atoms with Gasteiger partial charge in [-0.05, 0) is 18.2 Å². The molecule has 22 heavy (non-hydrogen) atoms. The lowest BCUT2D eigenvalue weighted by atomic mass is 10.3. The molecule has 0 saturated carbocycles. The van der Waals surface area contributed by atoms with E-state index in [0.29, 0.717) is 0 Å². The van der Waals surface area contributed by atoms with E-state index in [2.05, 4.69) is 9.82 Å². The normalized spacial score (nSPS) is 11.2. The molecule has 0 saturated heterocycles. The lowest BCUT2D eigenvalue weighted by Crippen LogP contribution is -2.14. The number of ether oxygens (including phenoxy) is 1. The van der Waals surface area contributed by atoms with Crippen LogP contribution in [-0.4, -0.2) is 35.9 Å². The fourth-order valence-electron chi connectivity index (χ4n) is 1.57. The number of anilines is 1. The summed E-state index contributed by atoms with van der Waals surface area (Å²) in [5, 5.41) is 12.4. The summed E-state index contributed by atoms with van der Waals surface area (Å²) >= 11 is 5.90. The average Bonchev–Trinajstić information content (AvgIpc) is 2.81. The molecule has 1 heterocycles. The van der Waals surface area contributed by atoms with Crippen molar-refractivity contribution in [1.29, 1.82) is 0 Å². The zero-order valence-corrected chi connectivity index (χ0v) is 12.9. The molecule has 2 aromatic rings. The minimum atomic E-state index is -3.85. The highest BCUT2D eigenvalue weighted by molar-refractivity contribution is 7.92. The maximum atomic E-state index is 12.2. The van der Waals surface area contributed by atoms with Gasteiger partial charge in [-0.1, -0.05) is 11.6 Å². The molecule has 0 bridgehead atoms. The Labute approximate surface area is 131 Å². The molecule has 118 valence electrons. The van der Waals surface area contributed by atoms with Gasteiger partial charge in [0.15, 0.2) is 12.4 Å². The van der Waals surface area contributed by atoms with Crippen LogP contribution in [0.1, 0.15) is 0 Å². The highest BCUT2D eigenvalue weighted by atomic mass is 35.5. The van der Waals surface area contributed by atoms with Gasteiger partial charge in [-0.25, -0.2) is 13.2 Å². The molecule has 0 unspecified atom stereocenters. The molecule has 0 radical (unpaired) electrons. The third-order valence-electron chi connectivity index (χ3n) is 2.52. The van der Waals surface area contributed by atoms with Gasteiger partial charge in [0.2, 0.25) is 0 Å². The molecule has 1 aromatic carbocycles. The Bertz CT molecular complexity index is 803. The topological polar surface area (TPSA) is 111 Å². The summed E-state index contributed by atoms with van der Waals surface area (Å²) in [4.78, 5) is 10.3. The van der Waals surface area contributed by atoms with Crippen molar-refractivity contribution in [1.82, 2.24) is 9.78 Å². The Morgan fingerprint density at radius 1 is 1.45 bits per heavy atom. The van der Waals surface area contributed by atoms with Crippen molar-refractivity contribution in [3.05, 3.63) is 35.5 Å². The average molecular weight is 346 g/mol. The quantitative estimate of drug-likeness (QED) is 0.817. The molecule has 2 rings (SSSR count). The number of aliphatic carboxylic acids is 1. The molecule has 0 fully saturated rings. The molecule has 0 aliphatic carbocycles. The number of aryl methyl sites for hydroxylation is 1. The third-order valence-corrected chi connectivity index (χ3v) is 4.17. The van der Waals surface area contributed by atoms with Crippen molar-refractivity contribution in [3.63, 3.8) is 0 Å². The largest absolute Gasteiger partial charge is 0.480 e. The van der Waals surface area contributed by atoms with Crippen molar-refractivity contribution in [2.24, 2.45) is 7.05 Å². The molecule has 0 aliphatic heterocycles. The van der Waals surface area contributed by atoms with Crippen LogP contribution in [0.4, 0.5) is 5.82 Å². The van der Waals surface area contributed by atoms with Crippen LogP contribution in [-0.2, 0) is 21.9 Å². The predicted molar refractivity (Wildman–Crippen MR) is 78.6 cm³/mol. The summed E-state index contributed by atoms with van der Waals surface area (Å²) in [5.41, 5.74) is 0. The molecule has 0 aliphatic rings. The number of sulfonamides is 1. The molecule has 0 amide bonds. The van der Waals surface area contributed by atoms with Crippen LogP contribution in [0.3, 0.4) is 0 Å². The zero-order valence-electron chi connectivity index (χ0n) is 11.4. The van der Waals surface area contributed by atoms with Crippen molar-refractivity contribution in [3.8, 4) is 5.75 Å². The summed E-state index contributed by atoms with van der Waals surface area (Å²) in [6, 6.07) is 5.22. The molecule has 1 aromatic heterocycles. The van der Waals surface area contributed by atoms with E-state index in [9.17, 15) is 13.2 Å². The number of carbonyl (C=O) groups is 1. The maximum Gasteiger partial charge on any atom is 0.341 e. The van der Waals surface area contributed by atoms with Gasteiger partial charge < -0.3 is 9.84 Å². The first-order valence-electron chi connectivity index (χ1n) is 5.94. The zero-order chi connectivity index (χ0) is 16.3. The summed E-state index contributed by atoms with van der Waals surface area (Å²) in [7, 11) is -2.20. The van der Waals surface area contributed by atoms with Crippen molar-refractivity contribution in [2.45, 2.75) is 4.90 Å². The van der Waals surface area contributed by atoms with Crippen molar-refractivity contribution >= 4 is 33.4 Å². The van der Waals surface area contributed by atoms with Crippen molar-refractivity contribution < 1.29 is 23.1 Å². The molecule has 8 nitrogen and oxygen atoms in total. The van der Waals surface area contributed by atoms with E-state index in [1.54, 1.807) is 13.2 Å². The Morgan fingerprint density at radius 2 is 2.18 bits per heavy atom. The number of nitrogens with one attached hydrogen (secondary N) is 1. The number of hydrogen-bond acceptors (Lipinski definition) is 5. The Morgan fingerprint density at radius 3 is 2.73 bits per heavy atom. The highest BCUT2D eigenvalue weighted by Crippen LogP contribution is 2.28. The van der Waals surface area contributed by atoms with Crippen LogP contribution in [0, 0.1) is 0 Å². The van der Waals surface area contributed by atoms with Crippen LogP contribution >= 0.6 is 11.6 Å². The highest BCUT2D eigenvalue weighted by Gasteiger charge is 2.17. The Hall–Kier alpha value is -2.26. The number of carboxylic acid groups (broad SMARTS) is 1. The number of carboxylic acids is 1. The standard InChI is InChI=1S/C12H12ClN3O5S/c1-16-5-4-11(14-16)15-22(19,20)8-2-3-10(9(13)6-8)21-7-12(17)18/h2-6H,7H2,1H3,(H,14,15)(H,17,18). The smallest absolute Gasteiger partial charge is 0.341 e. The number of rotatable bonds is 6. The molecule has 0 spiro atoms. The second kappa shape index (κ2) is 6.24. The summed E-state index contributed by atoms with van der Waals surface area (Å²) in [6.07, 6.45) is 1.59. The van der Waals surface area contributed by atoms with Gasteiger partial charge in [0, 0.05) is 19.3 Å². The van der Waals surface area contributed by atoms with Crippen LogP contribution in [0.2, 0.25) is 5.02 Å². The fraction of sp³-hybridized carbons (Fsp3) is 0.167. The minimum Gasteiger partial charge on any atom is -0.480 e. The van der Waals surface area contributed by atoms with Gasteiger partial charge in [-0.3, -0.25) is 9.40 Å². The first-order chi connectivity index (χ1) is 10.3. The van der Waals surface area contributed by atoms with Crippen LogP contribution < -0.4 is 9.46 Å². The maximum absolute atomic E-state index is 12.2. The number of halogens is 1. The molecule has 10 heteroatoms. The van der Waals surface area contributed by atoms with Crippen LogP contribution in [0.25, 0.3) is 0 Å². The van der Waals surface area contributed by atoms with Crippen molar-refractivity contribution in [2.75, 3.05) is 11.3 Å². The van der Waals surface area contributed by atoms with Crippen LogP contribution in [0.5, 0.6) is 5.75 Å². The second-order valence-electron chi connectivity index (χ2n) is 4.25. The first-order valence-corrected chi connectivity index (χ1v) is 7.80. The lowest BCUT2D eigenvalue weighted by molar-refractivity contribution is -0.139. The lowest BCUT2D eigenvalue weighted by Gasteiger charge is -2.09. The SMILES string of the molecule is Cn1ccc(NS(=O)(=O)c2ccc(OCC(=O)O)c(Cl)c2)n1. The van der Waals surface area contributed by atoms with Gasteiger partial charge >= 0.3 is 5.97 Å². The third kappa shape index (κ3) is 3.89. The molecular weight excluding hydrogens is 334 g/mol. The van der Waals surface area contributed by atoms with E-state index in [-0.39, 0.29) is 21.5 Å². The minimum absolute atomic E-state index is 0.00912. The number of benzene rings is 1. The summed E-state index contributed by atoms with van der Waals surface area (Å²) < 4.78 is 33.0. The monoisotopic (exact) mass is 345 g/mol. The van der Waals surface area contributed by atoms with Gasteiger partial charge in [0.05, 0.1) is 9.92 Å². The van der Waals surface area contributed by atoms with Crippen LogP contribution in [0.15, 0.2) is 35.4 Å². The van der Waals surface area contributed by atoms with Gasteiger partial charge in [0.25, 0.3) is 10.0 Å². The van der Waals surface area contributed by atoms with E-state index in [4.69, 9.17) is 21.4 Å². The first kappa shape index (κ1) is 16.1. The van der Waals surface area contributed by atoms with Gasteiger partial charge in [0.1, 0.15) is 5.75 Å². The molecule has 0 atom stereocenters. The Kier molecular flexibility index (Phi) is 4.57. The summed E-state index contributed by atoms with van der Waals surface area (Å²) in [5.74, 6) is -0.907. The van der Waals surface area contributed by atoms with E-state index >= 15 is 0 Å². The van der Waals surface area contributed by atoms with E-state index < -0.39 is 22.6 Å². The second-order valence-corrected chi connectivity index (χ2v) is 6.34. The van der Waals surface area contributed by atoms with E-state index in [0.717, 1.165) is 0 Å². The molecule has 2 N–H and O–H groups in total. The van der Waals surface area contributed by atoms with Gasteiger partial charge in [-0.15, -0.1) is 0 Å².